The number of benzene rings is 1. The van der Waals surface area contributed by atoms with Crippen LogP contribution in [0, 0.1) is 11.6 Å². The molecule has 7 heteroatoms. The number of carbonyl (C=O) groups excluding carboxylic acids is 1. The van der Waals surface area contributed by atoms with Crippen molar-refractivity contribution in [3.05, 3.63) is 74.1 Å². The summed E-state index contributed by atoms with van der Waals surface area (Å²) in [5, 5.41) is 0. The van der Waals surface area contributed by atoms with Gasteiger partial charge in [-0.15, -0.1) is 0 Å². The van der Waals surface area contributed by atoms with Gasteiger partial charge in [0.15, 0.2) is 5.78 Å². The van der Waals surface area contributed by atoms with Gasteiger partial charge in [0.2, 0.25) is 0 Å². The zero-order valence-corrected chi connectivity index (χ0v) is 11.8. The molecule has 0 saturated carbocycles. The molecule has 0 aliphatic rings. The normalized spacial score (nSPS) is 11.1. The molecule has 0 spiro atoms. The Kier molecular flexibility index (Phi) is 4.16. The van der Waals surface area contributed by atoms with E-state index < -0.39 is 28.7 Å². The zero-order chi connectivity index (χ0) is 16.4. The largest absolute Gasteiger partial charge is 0.330 e. The standard InChI is InChI=1S/C15H12F2N2O3/c1-18-8-9(14(21)19(2)15(18)22)3-6-13(20)11-5-4-10(16)7-12(11)17/h3-8H,1-2H3/b6-3+. The fourth-order valence-electron chi connectivity index (χ4n) is 1.90. The van der Waals surface area contributed by atoms with Gasteiger partial charge in [-0.05, 0) is 24.3 Å². The number of halogens is 2. The maximum absolute atomic E-state index is 13.5. The van der Waals surface area contributed by atoms with E-state index in [2.05, 4.69) is 0 Å². The third-order valence-corrected chi connectivity index (χ3v) is 3.08. The Morgan fingerprint density at radius 1 is 1.18 bits per heavy atom. The monoisotopic (exact) mass is 306 g/mol. The molecule has 0 bridgehead atoms. The van der Waals surface area contributed by atoms with Crippen LogP contribution in [0.5, 0.6) is 0 Å². The van der Waals surface area contributed by atoms with E-state index in [1.54, 1.807) is 0 Å². The van der Waals surface area contributed by atoms with Crippen LogP contribution in [0.15, 0.2) is 40.1 Å². The summed E-state index contributed by atoms with van der Waals surface area (Å²) in [6.07, 6.45) is 3.46. The molecule has 0 saturated heterocycles. The molecule has 0 amide bonds. The molecule has 0 atom stereocenters. The van der Waals surface area contributed by atoms with Crippen molar-refractivity contribution in [1.82, 2.24) is 9.13 Å². The number of allylic oxidation sites excluding steroid dienone is 1. The Hall–Kier alpha value is -2.83. The Balaban J connectivity index is 2.39. The van der Waals surface area contributed by atoms with Crippen LogP contribution in [0.25, 0.3) is 6.08 Å². The lowest BCUT2D eigenvalue weighted by Crippen LogP contribution is -2.37. The summed E-state index contributed by atoms with van der Waals surface area (Å²) in [6, 6.07) is 2.60. The molecular formula is C15H12F2N2O3. The lowest BCUT2D eigenvalue weighted by atomic mass is 10.1. The average Bonchev–Trinajstić information content (AvgIpc) is 2.47. The summed E-state index contributed by atoms with van der Waals surface area (Å²) >= 11 is 0. The molecule has 0 radical (unpaired) electrons. The van der Waals surface area contributed by atoms with E-state index in [0.29, 0.717) is 6.07 Å². The van der Waals surface area contributed by atoms with Crippen LogP contribution in [0.3, 0.4) is 0 Å². The van der Waals surface area contributed by atoms with Crippen molar-refractivity contribution in [1.29, 1.82) is 0 Å². The maximum atomic E-state index is 13.5. The lowest BCUT2D eigenvalue weighted by Gasteiger charge is -2.03. The van der Waals surface area contributed by atoms with Crippen LogP contribution in [0.2, 0.25) is 0 Å². The number of nitrogens with zero attached hydrogens (tertiary/aromatic N) is 2. The fourth-order valence-corrected chi connectivity index (χ4v) is 1.90. The first kappa shape index (κ1) is 15.6. The fraction of sp³-hybridized carbons (Fsp3) is 0.133. The Morgan fingerprint density at radius 3 is 2.50 bits per heavy atom. The number of ketones is 1. The van der Waals surface area contributed by atoms with Gasteiger partial charge >= 0.3 is 5.69 Å². The van der Waals surface area contributed by atoms with Crippen LogP contribution in [0.1, 0.15) is 15.9 Å². The average molecular weight is 306 g/mol. The van der Waals surface area contributed by atoms with Crippen LogP contribution in [-0.4, -0.2) is 14.9 Å². The third-order valence-electron chi connectivity index (χ3n) is 3.08. The van der Waals surface area contributed by atoms with Gasteiger partial charge in [-0.25, -0.2) is 13.6 Å². The first-order valence-electron chi connectivity index (χ1n) is 6.25. The predicted octanol–water partition coefficient (Wildman–Crippen LogP) is 1.26. The van der Waals surface area contributed by atoms with Crippen molar-refractivity contribution in [3.8, 4) is 0 Å². The first-order valence-corrected chi connectivity index (χ1v) is 6.25. The van der Waals surface area contributed by atoms with E-state index in [0.717, 1.165) is 22.8 Å². The van der Waals surface area contributed by atoms with Crippen molar-refractivity contribution in [2.45, 2.75) is 0 Å². The van der Waals surface area contributed by atoms with Gasteiger partial charge in [-0.3, -0.25) is 14.2 Å². The molecule has 5 nitrogen and oxygen atoms in total. The first-order chi connectivity index (χ1) is 10.3. The summed E-state index contributed by atoms with van der Waals surface area (Å²) in [6.45, 7) is 0. The third kappa shape index (κ3) is 2.93. The molecule has 1 aromatic carbocycles. The van der Waals surface area contributed by atoms with Gasteiger partial charge in [-0.2, -0.15) is 0 Å². The highest BCUT2D eigenvalue weighted by Crippen LogP contribution is 2.11. The van der Waals surface area contributed by atoms with Gasteiger partial charge in [-0.1, -0.05) is 0 Å². The van der Waals surface area contributed by atoms with E-state index in [4.69, 9.17) is 0 Å². The highest BCUT2D eigenvalue weighted by atomic mass is 19.1. The molecule has 0 fully saturated rings. The smallest absolute Gasteiger partial charge is 0.303 e. The quantitative estimate of drug-likeness (QED) is 0.633. The van der Waals surface area contributed by atoms with Crippen LogP contribution in [0.4, 0.5) is 8.78 Å². The molecule has 0 unspecified atom stereocenters. The number of rotatable bonds is 3. The molecule has 1 aromatic heterocycles. The minimum Gasteiger partial charge on any atom is -0.303 e. The van der Waals surface area contributed by atoms with E-state index >= 15 is 0 Å². The van der Waals surface area contributed by atoms with E-state index in [1.165, 1.54) is 30.9 Å². The topological polar surface area (TPSA) is 61.1 Å². The lowest BCUT2D eigenvalue weighted by molar-refractivity contribution is 0.104. The molecular weight excluding hydrogens is 294 g/mol. The zero-order valence-electron chi connectivity index (χ0n) is 11.8. The minimum atomic E-state index is -0.983. The summed E-state index contributed by atoms with van der Waals surface area (Å²) in [4.78, 5) is 35.3. The number of hydrogen-bond donors (Lipinski definition) is 0. The second-order valence-electron chi connectivity index (χ2n) is 4.66. The summed E-state index contributed by atoms with van der Waals surface area (Å²) in [5.41, 5.74) is -1.29. The molecule has 0 aliphatic carbocycles. The second kappa shape index (κ2) is 5.88. The van der Waals surface area contributed by atoms with Crippen molar-refractivity contribution >= 4 is 11.9 Å². The Labute approximate surface area is 123 Å². The number of carbonyl (C=O) groups is 1. The van der Waals surface area contributed by atoms with Crippen molar-refractivity contribution in [2.24, 2.45) is 14.1 Å². The van der Waals surface area contributed by atoms with Crippen molar-refractivity contribution in [3.63, 3.8) is 0 Å². The molecule has 2 rings (SSSR count). The Morgan fingerprint density at radius 2 is 1.86 bits per heavy atom. The van der Waals surface area contributed by atoms with E-state index in [9.17, 15) is 23.2 Å². The summed E-state index contributed by atoms with van der Waals surface area (Å²) in [7, 11) is 2.77. The SMILES string of the molecule is Cn1cc(/C=C/C(=O)c2ccc(F)cc2F)c(=O)n(C)c1=O. The minimum absolute atomic E-state index is 0.0977. The molecule has 0 aliphatic heterocycles. The van der Waals surface area contributed by atoms with Crippen LogP contribution < -0.4 is 11.2 Å². The van der Waals surface area contributed by atoms with E-state index in [-0.39, 0.29) is 11.1 Å². The van der Waals surface area contributed by atoms with Crippen molar-refractivity contribution < 1.29 is 13.6 Å². The second-order valence-corrected chi connectivity index (χ2v) is 4.66. The summed E-state index contributed by atoms with van der Waals surface area (Å²) < 4.78 is 28.4. The molecule has 2 aromatic rings. The highest BCUT2D eigenvalue weighted by molar-refractivity contribution is 6.06. The van der Waals surface area contributed by atoms with Gasteiger partial charge in [0, 0.05) is 26.4 Å². The summed E-state index contributed by atoms with van der Waals surface area (Å²) in [5.74, 6) is -2.48. The van der Waals surface area contributed by atoms with Gasteiger partial charge in [0.05, 0.1) is 11.1 Å². The molecule has 1 heterocycles. The van der Waals surface area contributed by atoms with Gasteiger partial charge in [0.25, 0.3) is 5.56 Å². The van der Waals surface area contributed by atoms with Gasteiger partial charge in [0.1, 0.15) is 11.6 Å². The number of aryl methyl sites for hydroxylation is 1. The Bertz CT molecular complexity index is 895. The molecule has 114 valence electrons. The van der Waals surface area contributed by atoms with Crippen molar-refractivity contribution in [2.75, 3.05) is 0 Å². The number of hydrogen-bond acceptors (Lipinski definition) is 3. The maximum Gasteiger partial charge on any atom is 0.330 e. The highest BCUT2D eigenvalue weighted by Gasteiger charge is 2.10. The van der Waals surface area contributed by atoms with E-state index in [1.807, 2.05) is 0 Å². The molecule has 0 N–H and O–H groups in total. The molecule has 22 heavy (non-hydrogen) atoms. The van der Waals surface area contributed by atoms with Crippen LogP contribution >= 0.6 is 0 Å². The van der Waals surface area contributed by atoms with Crippen LogP contribution in [-0.2, 0) is 14.1 Å². The number of aromatic nitrogens is 2. The predicted molar refractivity (Wildman–Crippen MR) is 76.6 cm³/mol. The van der Waals surface area contributed by atoms with Gasteiger partial charge < -0.3 is 4.57 Å².